The molecular formula is C8H18OS. The van der Waals surface area contributed by atoms with E-state index in [9.17, 15) is 4.21 Å². The van der Waals surface area contributed by atoms with E-state index in [-0.39, 0.29) is 5.41 Å². The second-order valence-corrected chi connectivity index (χ2v) is 6.76. The first-order valence-electron chi connectivity index (χ1n) is 3.59. The van der Waals surface area contributed by atoms with Crippen LogP contribution in [-0.2, 0) is 9.52 Å². The highest BCUT2D eigenvalue weighted by atomic mass is 32.2. The second kappa shape index (κ2) is 2.95. The minimum atomic E-state index is -1.78. The molecule has 0 aliphatic rings. The Balaban J connectivity index is 4.18. The number of hydrogen-bond acceptors (Lipinski definition) is 1. The molecule has 0 N–H and O–H groups in total. The highest BCUT2D eigenvalue weighted by Crippen LogP contribution is 2.15. The van der Waals surface area contributed by atoms with E-state index in [1.54, 1.807) is 0 Å². The molecule has 0 aliphatic carbocycles. The summed E-state index contributed by atoms with van der Waals surface area (Å²) in [6.45, 7) is 8.20. The van der Waals surface area contributed by atoms with Gasteiger partial charge in [-0.15, -0.1) is 0 Å². The van der Waals surface area contributed by atoms with Crippen LogP contribution in [0.25, 0.3) is 0 Å². The lowest BCUT2D eigenvalue weighted by atomic mass is 10.0. The van der Waals surface area contributed by atoms with Crippen LogP contribution in [0.1, 0.15) is 27.7 Å². The van der Waals surface area contributed by atoms with E-state index in [1.807, 2.05) is 6.92 Å². The summed E-state index contributed by atoms with van der Waals surface area (Å²) < 4.78 is 11.5. The zero-order valence-electron chi connectivity index (χ0n) is 7.44. The molecule has 0 saturated carbocycles. The molecule has 0 rings (SSSR count). The van der Waals surface area contributed by atoms with Crippen molar-refractivity contribution < 1.29 is 4.21 Å². The van der Waals surface area contributed by atoms with Crippen LogP contribution >= 0.6 is 0 Å². The molecule has 1 nitrogen and oxygen atoms in total. The molecule has 0 aromatic heterocycles. The van der Waals surface area contributed by atoms with Crippen molar-refractivity contribution in [3.63, 3.8) is 0 Å². The first-order chi connectivity index (χ1) is 4.27. The average molecular weight is 162 g/mol. The smallest absolute Gasteiger partial charge is 0.0207 e. The van der Waals surface area contributed by atoms with Crippen LogP contribution in [0.3, 0.4) is 0 Å². The quantitative estimate of drug-likeness (QED) is 0.566. The molecule has 0 radical (unpaired) electrons. The van der Waals surface area contributed by atoms with Crippen LogP contribution in [-0.4, -0.2) is 21.6 Å². The summed E-state index contributed by atoms with van der Waals surface area (Å²) in [5, 5.41) is 0. The molecule has 62 valence electrons. The molecular weight excluding hydrogens is 144 g/mol. The summed E-state index contributed by atoms with van der Waals surface area (Å²) in [7, 11) is -1.78. The fourth-order valence-electron chi connectivity index (χ4n) is 0.891. The van der Waals surface area contributed by atoms with Gasteiger partial charge in [0.25, 0.3) is 0 Å². The predicted molar refractivity (Wildman–Crippen MR) is 50.1 cm³/mol. The maximum absolute atomic E-state index is 11.5. The standard InChI is InChI=1S/C8H18OS/c1-6-10(5,9)7-8(2,3)4/h5-7H2,1-4H3. The van der Waals surface area contributed by atoms with Gasteiger partial charge in [-0.25, -0.2) is 0 Å². The molecule has 1 atom stereocenters. The molecule has 2 heteroatoms. The van der Waals surface area contributed by atoms with E-state index < -0.39 is 9.52 Å². The lowest BCUT2D eigenvalue weighted by molar-refractivity contribution is 0.473. The van der Waals surface area contributed by atoms with Gasteiger partial charge in [-0.05, 0) is 20.8 Å². The molecule has 10 heavy (non-hydrogen) atoms. The Morgan fingerprint density at radius 1 is 1.40 bits per heavy atom. The average Bonchev–Trinajstić information content (AvgIpc) is 1.60. The fraction of sp³-hybridized carbons (Fsp3) is 0.875. The first-order valence-corrected chi connectivity index (χ1v) is 5.66. The van der Waals surface area contributed by atoms with Crippen molar-refractivity contribution >= 4 is 15.4 Å². The van der Waals surface area contributed by atoms with Crippen molar-refractivity contribution in [1.82, 2.24) is 0 Å². The van der Waals surface area contributed by atoms with Crippen LogP contribution in [0.5, 0.6) is 0 Å². The SMILES string of the molecule is C=S(=O)(CC)CC(C)(C)C. The molecule has 0 aromatic rings. The summed E-state index contributed by atoms with van der Waals surface area (Å²) >= 11 is 0. The molecule has 0 heterocycles. The zero-order valence-corrected chi connectivity index (χ0v) is 8.25. The minimum absolute atomic E-state index is 0.148. The second-order valence-electron chi connectivity index (χ2n) is 3.96. The van der Waals surface area contributed by atoms with Crippen molar-refractivity contribution in [3.05, 3.63) is 0 Å². The van der Waals surface area contributed by atoms with Crippen molar-refractivity contribution in [2.24, 2.45) is 5.41 Å². The Hall–Kier alpha value is 0.0200. The molecule has 0 fully saturated rings. The van der Waals surface area contributed by atoms with Crippen molar-refractivity contribution in [2.75, 3.05) is 11.5 Å². The summed E-state index contributed by atoms with van der Waals surface area (Å²) in [6.07, 6.45) is 0. The minimum Gasteiger partial charge on any atom is -0.268 e. The normalized spacial score (nSPS) is 18.4. The number of rotatable bonds is 2. The Labute approximate surface area is 64.8 Å². The van der Waals surface area contributed by atoms with Gasteiger partial charge in [0.1, 0.15) is 0 Å². The molecule has 0 aromatic carbocycles. The summed E-state index contributed by atoms with van der Waals surface area (Å²) in [5.74, 6) is 5.13. The number of hydrogen-bond donors (Lipinski definition) is 0. The Bertz CT molecular complexity index is 182. The summed E-state index contributed by atoms with van der Waals surface area (Å²) in [5.41, 5.74) is 0.148. The summed E-state index contributed by atoms with van der Waals surface area (Å²) in [6, 6.07) is 0. The Morgan fingerprint density at radius 2 is 1.80 bits per heavy atom. The Kier molecular flexibility index (Phi) is 2.96. The van der Waals surface area contributed by atoms with Gasteiger partial charge < -0.3 is 0 Å². The van der Waals surface area contributed by atoms with Crippen molar-refractivity contribution in [3.8, 4) is 0 Å². The van der Waals surface area contributed by atoms with E-state index in [0.29, 0.717) is 5.75 Å². The highest BCUT2D eigenvalue weighted by Gasteiger charge is 2.15. The van der Waals surface area contributed by atoms with Crippen molar-refractivity contribution in [1.29, 1.82) is 0 Å². The maximum atomic E-state index is 11.5. The van der Waals surface area contributed by atoms with Crippen LogP contribution < -0.4 is 0 Å². The maximum Gasteiger partial charge on any atom is 0.0207 e. The van der Waals surface area contributed by atoms with Gasteiger partial charge >= 0.3 is 0 Å². The first kappa shape index (κ1) is 10.0. The van der Waals surface area contributed by atoms with E-state index in [0.717, 1.165) is 5.75 Å². The third-order valence-electron chi connectivity index (χ3n) is 1.22. The van der Waals surface area contributed by atoms with Gasteiger partial charge in [0.2, 0.25) is 0 Å². The van der Waals surface area contributed by atoms with Crippen LogP contribution in [0.15, 0.2) is 0 Å². The van der Waals surface area contributed by atoms with Gasteiger partial charge in [0.15, 0.2) is 0 Å². The van der Waals surface area contributed by atoms with Gasteiger partial charge in [-0.1, -0.05) is 27.7 Å². The van der Waals surface area contributed by atoms with Gasteiger partial charge in [-0.2, -0.15) is 0 Å². The highest BCUT2D eigenvalue weighted by molar-refractivity contribution is 8.00. The third kappa shape index (κ3) is 4.86. The predicted octanol–water partition coefficient (Wildman–Crippen LogP) is 1.77. The molecule has 0 bridgehead atoms. The molecule has 0 saturated heterocycles. The zero-order chi connectivity index (χ0) is 8.41. The largest absolute Gasteiger partial charge is 0.268 e. The van der Waals surface area contributed by atoms with Gasteiger partial charge in [0.05, 0.1) is 0 Å². The lowest BCUT2D eigenvalue weighted by Gasteiger charge is -2.19. The monoisotopic (exact) mass is 162 g/mol. The van der Waals surface area contributed by atoms with Crippen LogP contribution in [0.2, 0.25) is 0 Å². The fourth-order valence-corrected chi connectivity index (χ4v) is 2.67. The molecule has 1 unspecified atom stereocenters. The van der Waals surface area contributed by atoms with E-state index in [4.69, 9.17) is 0 Å². The van der Waals surface area contributed by atoms with E-state index in [2.05, 4.69) is 26.6 Å². The van der Waals surface area contributed by atoms with Crippen LogP contribution in [0.4, 0.5) is 0 Å². The molecule has 0 spiro atoms. The molecule has 0 amide bonds. The molecule has 0 aliphatic heterocycles. The van der Waals surface area contributed by atoms with Crippen LogP contribution in [0, 0.1) is 5.41 Å². The topological polar surface area (TPSA) is 17.1 Å². The van der Waals surface area contributed by atoms with Gasteiger partial charge in [0, 0.05) is 11.5 Å². The van der Waals surface area contributed by atoms with Gasteiger partial charge in [-0.3, -0.25) is 4.21 Å². The third-order valence-corrected chi connectivity index (χ3v) is 3.67. The Morgan fingerprint density at radius 3 is 1.90 bits per heavy atom. The van der Waals surface area contributed by atoms with Crippen molar-refractivity contribution in [2.45, 2.75) is 27.7 Å². The van der Waals surface area contributed by atoms with E-state index >= 15 is 0 Å². The summed E-state index contributed by atoms with van der Waals surface area (Å²) in [4.78, 5) is 0. The lowest BCUT2D eigenvalue weighted by Crippen LogP contribution is -2.21. The van der Waals surface area contributed by atoms with E-state index in [1.165, 1.54) is 0 Å².